The Hall–Kier alpha value is -0.710. The summed E-state index contributed by atoms with van der Waals surface area (Å²) >= 11 is 0. The Balaban J connectivity index is 3.20. The second-order valence-corrected chi connectivity index (χ2v) is 7.85. The second kappa shape index (κ2) is 20.0. The van der Waals surface area contributed by atoms with Crippen molar-refractivity contribution in [1.82, 2.24) is 0 Å². The van der Waals surface area contributed by atoms with Crippen molar-refractivity contribution in [3.63, 3.8) is 0 Å². The molecule has 0 aliphatic carbocycles. The standard InChI is InChI=1S/C23H44O4/c1-21(25)18-16-14-12-10-8-6-4-2-3-5-7-9-11-13-15-17-19-22(26)23(27)20-24/h2-3,22-24,26-27H,4-20H2,1H3/b3-2-. The van der Waals surface area contributed by atoms with Gasteiger partial charge >= 0.3 is 0 Å². The number of Topliss-reactive ketones (excluding diaryl/α,β-unsaturated/α-hetero) is 1. The van der Waals surface area contributed by atoms with Gasteiger partial charge in [-0.2, -0.15) is 0 Å². The molecule has 4 nitrogen and oxygen atoms in total. The van der Waals surface area contributed by atoms with Gasteiger partial charge in [-0.1, -0.05) is 69.9 Å². The van der Waals surface area contributed by atoms with E-state index in [9.17, 15) is 15.0 Å². The van der Waals surface area contributed by atoms with E-state index in [0.717, 1.165) is 25.7 Å². The highest BCUT2D eigenvalue weighted by Gasteiger charge is 2.13. The lowest BCUT2D eigenvalue weighted by Crippen LogP contribution is -2.28. The summed E-state index contributed by atoms with van der Waals surface area (Å²) in [5.41, 5.74) is 0. The van der Waals surface area contributed by atoms with Crippen LogP contribution in [-0.4, -0.2) is 39.9 Å². The molecule has 0 radical (unpaired) electrons. The molecule has 0 saturated carbocycles. The van der Waals surface area contributed by atoms with E-state index in [0.29, 0.717) is 12.2 Å². The summed E-state index contributed by atoms with van der Waals surface area (Å²) in [6.45, 7) is 1.31. The minimum absolute atomic E-state index is 0.315. The number of aliphatic hydroxyl groups excluding tert-OH is 3. The van der Waals surface area contributed by atoms with Crippen LogP contribution in [0, 0.1) is 0 Å². The molecule has 2 unspecified atom stereocenters. The number of carbonyl (C=O) groups excluding carboxylic acids is 1. The smallest absolute Gasteiger partial charge is 0.129 e. The van der Waals surface area contributed by atoms with Crippen molar-refractivity contribution in [3.05, 3.63) is 12.2 Å². The van der Waals surface area contributed by atoms with Crippen LogP contribution in [0.3, 0.4) is 0 Å². The van der Waals surface area contributed by atoms with Gasteiger partial charge in [-0.05, 0) is 45.4 Å². The van der Waals surface area contributed by atoms with Gasteiger partial charge in [0, 0.05) is 6.42 Å². The third kappa shape index (κ3) is 19.8. The van der Waals surface area contributed by atoms with Gasteiger partial charge in [0.05, 0.1) is 12.7 Å². The number of hydrogen-bond donors (Lipinski definition) is 3. The van der Waals surface area contributed by atoms with Crippen molar-refractivity contribution >= 4 is 5.78 Å². The molecule has 0 heterocycles. The molecule has 3 N–H and O–H groups in total. The zero-order valence-electron chi connectivity index (χ0n) is 17.6. The molecule has 0 aliphatic rings. The monoisotopic (exact) mass is 384 g/mol. The highest BCUT2D eigenvalue weighted by atomic mass is 16.4. The predicted molar refractivity (Wildman–Crippen MR) is 113 cm³/mol. The Morgan fingerprint density at radius 3 is 1.63 bits per heavy atom. The van der Waals surface area contributed by atoms with E-state index in [2.05, 4.69) is 12.2 Å². The minimum Gasteiger partial charge on any atom is -0.394 e. The van der Waals surface area contributed by atoms with E-state index < -0.39 is 12.2 Å². The molecule has 0 aromatic rings. The molecule has 4 heteroatoms. The van der Waals surface area contributed by atoms with E-state index >= 15 is 0 Å². The number of allylic oxidation sites excluding steroid dienone is 2. The molecule has 0 bridgehead atoms. The van der Waals surface area contributed by atoms with Crippen LogP contribution in [0.2, 0.25) is 0 Å². The Morgan fingerprint density at radius 1 is 0.704 bits per heavy atom. The van der Waals surface area contributed by atoms with Crippen LogP contribution in [0.4, 0.5) is 0 Å². The molecular weight excluding hydrogens is 340 g/mol. The molecule has 0 aromatic heterocycles. The van der Waals surface area contributed by atoms with Crippen molar-refractivity contribution in [2.45, 2.75) is 122 Å². The van der Waals surface area contributed by atoms with Crippen LogP contribution in [0.1, 0.15) is 110 Å². The van der Waals surface area contributed by atoms with Gasteiger partial charge < -0.3 is 20.1 Å². The average Bonchev–Trinajstić information content (AvgIpc) is 2.65. The summed E-state index contributed by atoms with van der Waals surface area (Å²) < 4.78 is 0. The van der Waals surface area contributed by atoms with Crippen LogP contribution < -0.4 is 0 Å². The molecule has 160 valence electrons. The largest absolute Gasteiger partial charge is 0.394 e. The normalized spacial score (nSPS) is 13.9. The van der Waals surface area contributed by atoms with Gasteiger partial charge in [-0.3, -0.25) is 0 Å². The fraction of sp³-hybridized carbons (Fsp3) is 0.870. The molecule has 0 amide bonds. The van der Waals surface area contributed by atoms with Crippen molar-refractivity contribution in [3.8, 4) is 0 Å². The number of ketones is 1. The fourth-order valence-corrected chi connectivity index (χ4v) is 3.22. The molecule has 0 aromatic carbocycles. The van der Waals surface area contributed by atoms with Crippen LogP contribution in [0.25, 0.3) is 0 Å². The predicted octanol–water partition coefficient (Wildman–Crippen LogP) is 5.09. The number of unbranched alkanes of at least 4 members (excludes halogenated alkanes) is 12. The molecular formula is C23H44O4. The maximum absolute atomic E-state index is 10.8. The van der Waals surface area contributed by atoms with E-state index in [1.165, 1.54) is 70.6 Å². The van der Waals surface area contributed by atoms with Gasteiger partial charge in [0.2, 0.25) is 0 Å². The molecule has 27 heavy (non-hydrogen) atoms. The molecule has 0 fully saturated rings. The highest BCUT2D eigenvalue weighted by molar-refractivity contribution is 5.75. The molecule has 0 saturated heterocycles. The van der Waals surface area contributed by atoms with Crippen molar-refractivity contribution < 1.29 is 20.1 Å². The lowest BCUT2D eigenvalue weighted by Gasteiger charge is -2.14. The van der Waals surface area contributed by atoms with Crippen LogP contribution in [0.5, 0.6) is 0 Å². The first-order chi connectivity index (χ1) is 13.1. The van der Waals surface area contributed by atoms with Gasteiger partial charge in [-0.15, -0.1) is 0 Å². The number of carbonyl (C=O) groups is 1. The minimum atomic E-state index is -0.991. The zero-order valence-corrected chi connectivity index (χ0v) is 17.6. The SMILES string of the molecule is CC(=O)CCCCCCCC/C=C\CCCCCCCCC(O)C(O)CO. The number of aliphatic hydroxyl groups is 3. The van der Waals surface area contributed by atoms with E-state index in [1.54, 1.807) is 6.92 Å². The number of rotatable bonds is 20. The molecule has 0 aliphatic heterocycles. The fourth-order valence-electron chi connectivity index (χ4n) is 3.22. The lowest BCUT2D eigenvalue weighted by molar-refractivity contribution is -0.117. The van der Waals surface area contributed by atoms with Crippen molar-refractivity contribution in [2.24, 2.45) is 0 Å². The maximum Gasteiger partial charge on any atom is 0.129 e. The Morgan fingerprint density at radius 2 is 1.15 bits per heavy atom. The lowest BCUT2D eigenvalue weighted by atomic mass is 10.0. The molecule has 0 spiro atoms. The van der Waals surface area contributed by atoms with Gasteiger partial charge in [0.25, 0.3) is 0 Å². The summed E-state index contributed by atoms with van der Waals surface area (Å²) in [5, 5.41) is 27.5. The summed E-state index contributed by atoms with van der Waals surface area (Å²) in [7, 11) is 0. The van der Waals surface area contributed by atoms with Crippen molar-refractivity contribution in [1.29, 1.82) is 0 Å². The van der Waals surface area contributed by atoms with Gasteiger partial charge in [0.15, 0.2) is 0 Å². The molecule has 2 atom stereocenters. The maximum atomic E-state index is 10.8. The van der Waals surface area contributed by atoms with Crippen LogP contribution in [0.15, 0.2) is 12.2 Å². The van der Waals surface area contributed by atoms with E-state index in [-0.39, 0.29) is 6.61 Å². The average molecular weight is 385 g/mol. The van der Waals surface area contributed by atoms with Crippen LogP contribution >= 0.6 is 0 Å². The Bertz CT molecular complexity index is 354. The first kappa shape index (κ1) is 26.3. The summed E-state index contributed by atoms with van der Waals surface area (Å²) in [5.74, 6) is 0.315. The van der Waals surface area contributed by atoms with E-state index in [4.69, 9.17) is 5.11 Å². The second-order valence-electron chi connectivity index (χ2n) is 7.85. The third-order valence-electron chi connectivity index (χ3n) is 5.07. The molecule has 0 rings (SSSR count). The number of hydrogen-bond acceptors (Lipinski definition) is 4. The zero-order chi connectivity index (χ0) is 20.2. The topological polar surface area (TPSA) is 77.8 Å². The quantitative estimate of drug-likeness (QED) is 0.202. The highest BCUT2D eigenvalue weighted by Crippen LogP contribution is 2.12. The first-order valence-electron chi connectivity index (χ1n) is 11.2. The Labute approximate surface area is 167 Å². The summed E-state index contributed by atoms with van der Waals surface area (Å²) in [4.78, 5) is 10.8. The first-order valence-corrected chi connectivity index (χ1v) is 11.2. The summed E-state index contributed by atoms with van der Waals surface area (Å²) in [6, 6.07) is 0. The Kier molecular flexibility index (Phi) is 19.5. The third-order valence-corrected chi connectivity index (χ3v) is 5.07. The van der Waals surface area contributed by atoms with Crippen molar-refractivity contribution in [2.75, 3.05) is 6.61 Å². The van der Waals surface area contributed by atoms with Gasteiger partial charge in [0.1, 0.15) is 11.9 Å². The summed E-state index contributed by atoms with van der Waals surface area (Å²) in [6.07, 6.45) is 20.8. The van der Waals surface area contributed by atoms with Crippen LogP contribution in [-0.2, 0) is 4.79 Å². The van der Waals surface area contributed by atoms with E-state index in [1.807, 2.05) is 0 Å². The van der Waals surface area contributed by atoms with Gasteiger partial charge in [-0.25, -0.2) is 0 Å².